The Hall–Kier alpha value is -12.7. The van der Waals surface area contributed by atoms with Gasteiger partial charge in [0.15, 0.2) is 13.2 Å². The lowest BCUT2D eigenvalue weighted by atomic mass is 9.99. The van der Waals surface area contributed by atoms with Crippen LogP contribution in [0.3, 0.4) is 0 Å². The molecule has 0 spiro atoms. The Morgan fingerprint density at radius 3 is 1.26 bits per heavy atom. The smallest absolute Gasteiger partial charge is 0.341 e. The van der Waals surface area contributed by atoms with Gasteiger partial charge in [-0.15, -0.1) is 0 Å². The molecule has 0 radical (unpaired) electrons. The summed E-state index contributed by atoms with van der Waals surface area (Å²) in [4.78, 5) is 158. The van der Waals surface area contributed by atoms with E-state index in [9.17, 15) is 57.5 Å². The molecule has 11 amide bonds. The zero-order valence-electron chi connectivity index (χ0n) is 66.5. The predicted molar refractivity (Wildman–Crippen MR) is 440 cm³/mol. The number of benzene rings is 6. The minimum atomic E-state index is -1.23. The highest BCUT2D eigenvalue weighted by atomic mass is 16.5. The summed E-state index contributed by atoms with van der Waals surface area (Å²) in [5, 5.41) is 29.9. The van der Waals surface area contributed by atoms with Gasteiger partial charge in [0.25, 0.3) is 41.4 Å². The zero-order valence-corrected chi connectivity index (χ0v) is 66.5. The number of aromatic nitrogens is 2. The van der Waals surface area contributed by atoms with Gasteiger partial charge in [0.1, 0.15) is 35.1 Å². The van der Waals surface area contributed by atoms with E-state index >= 15 is 0 Å². The Kier molecular flexibility index (Phi) is 32.0. The van der Waals surface area contributed by atoms with Crippen LogP contribution in [0.15, 0.2) is 134 Å². The van der Waals surface area contributed by atoms with Crippen LogP contribution >= 0.6 is 0 Å². The second kappa shape index (κ2) is 43.2. The number of nitrogens with one attached hydrogen (secondary N) is 7. The number of amides is 11. The highest BCUT2D eigenvalue weighted by molar-refractivity contribution is 6.26. The van der Waals surface area contributed by atoms with Gasteiger partial charge in [-0.1, -0.05) is 138 Å². The van der Waals surface area contributed by atoms with Gasteiger partial charge in [-0.3, -0.25) is 83.1 Å². The topological polar surface area (TPSA) is 404 Å². The van der Waals surface area contributed by atoms with E-state index in [2.05, 4.69) is 59.3 Å². The fourth-order valence-corrected chi connectivity index (χ4v) is 14.7. The molecule has 117 heavy (non-hydrogen) atoms. The highest BCUT2D eigenvalue weighted by Crippen LogP contribution is 2.39. The maximum atomic E-state index is 13.2. The first kappa shape index (κ1) is 86.7. The van der Waals surface area contributed by atoms with E-state index in [1.807, 2.05) is 72.8 Å². The highest BCUT2D eigenvalue weighted by Gasteiger charge is 2.48. The summed E-state index contributed by atoms with van der Waals surface area (Å²) in [6.45, 7) is 0.314. The van der Waals surface area contributed by atoms with Crippen molar-refractivity contribution in [1.82, 2.24) is 46.4 Å². The largest absolute Gasteiger partial charge is 0.496 e. The summed E-state index contributed by atoms with van der Waals surface area (Å²) in [5.41, 5.74) is 13.7. The van der Waals surface area contributed by atoms with Gasteiger partial charge in [0, 0.05) is 80.2 Å². The molecule has 2 aromatic heterocycles. The molecule has 29 heteroatoms. The number of carboxylic acids is 1. The predicted octanol–water partition coefficient (Wildman–Crippen LogP) is 11.9. The molecule has 2 unspecified atom stereocenters. The van der Waals surface area contributed by atoms with Crippen LogP contribution in [-0.2, 0) is 41.6 Å². The number of pyridine rings is 2. The molecular weight excluding hydrogens is 1500 g/mol. The third-order valence-electron chi connectivity index (χ3n) is 20.7. The number of aliphatic carboxylic acids is 1. The number of imide groups is 4. The number of carbonyl (C=O) groups excluding carboxylic acids is 11. The van der Waals surface area contributed by atoms with Gasteiger partial charge in [0.2, 0.25) is 23.6 Å². The van der Waals surface area contributed by atoms with E-state index in [0.29, 0.717) is 23.4 Å². The number of hydrogen-bond donors (Lipinski definition) is 9. The molecule has 29 nitrogen and oxygen atoms in total. The van der Waals surface area contributed by atoms with Crippen molar-refractivity contribution in [2.45, 2.75) is 166 Å². The van der Waals surface area contributed by atoms with E-state index in [4.69, 9.17) is 29.8 Å². The van der Waals surface area contributed by atoms with Crippen LogP contribution < -0.4 is 61.9 Å². The molecule has 0 saturated carbocycles. The van der Waals surface area contributed by atoms with Crippen LogP contribution in [0.25, 0.3) is 21.8 Å². The van der Waals surface area contributed by atoms with Gasteiger partial charge in [-0.05, 0) is 130 Å². The Bertz CT molecular complexity index is 4940. The summed E-state index contributed by atoms with van der Waals surface area (Å²) in [5.74, 6) is -5.31. The lowest BCUT2D eigenvalue weighted by molar-refractivity contribution is -0.139. The van der Waals surface area contributed by atoms with Crippen molar-refractivity contribution in [1.29, 1.82) is 0 Å². The Labute approximate surface area is 678 Å². The van der Waals surface area contributed by atoms with Crippen LogP contribution in [0.2, 0.25) is 0 Å². The van der Waals surface area contributed by atoms with Gasteiger partial charge in [-0.25, -0.2) is 4.79 Å². The number of nitrogens with two attached hydrogens (primary N) is 1. The monoisotopic (exact) mass is 1600 g/mol. The molecule has 4 aliphatic rings. The van der Waals surface area contributed by atoms with Crippen LogP contribution in [0.1, 0.15) is 215 Å². The van der Waals surface area contributed by atoms with E-state index < -0.39 is 71.9 Å². The van der Waals surface area contributed by atoms with E-state index in [-0.39, 0.29) is 83.8 Å². The summed E-state index contributed by atoms with van der Waals surface area (Å²) in [7, 11) is 6.62. The number of aryl methyl sites for hydroxylation is 2. The maximum absolute atomic E-state index is 13.2. The molecular formula is C88H102N12O17. The van der Waals surface area contributed by atoms with Crippen LogP contribution in [0.5, 0.6) is 23.0 Å². The average molecular weight is 1600 g/mol. The van der Waals surface area contributed by atoms with Gasteiger partial charge in [-0.2, -0.15) is 0 Å². The number of carbonyl (C=O) groups is 12. The lowest BCUT2D eigenvalue weighted by Crippen LogP contribution is -2.54. The van der Waals surface area contributed by atoms with Crippen molar-refractivity contribution in [3.63, 3.8) is 0 Å². The number of unbranched alkanes of at least 4 members (excludes halogenated alkanes) is 16. The number of piperidine rings is 2. The van der Waals surface area contributed by atoms with Crippen LogP contribution in [0, 0.1) is 0 Å². The maximum Gasteiger partial charge on any atom is 0.341 e. The number of hydrogen-bond acceptors (Lipinski definition) is 21. The second-order valence-electron chi connectivity index (χ2n) is 28.8. The minimum absolute atomic E-state index is 0.0116. The molecule has 2 fully saturated rings. The number of anilines is 4. The van der Waals surface area contributed by atoms with Crippen LogP contribution in [-0.4, -0.2) is 163 Å². The first-order chi connectivity index (χ1) is 56.8. The molecule has 12 rings (SSSR count). The normalized spacial score (nSPS) is 14.8. The van der Waals surface area contributed by atoms with Crippen molar-refractivity contribution < 1.29 is 81.6 Å². The number of rotatable bonds is 39. The molecule has 0 bridgehead atoms. The quantitative estimate of drug-likeness (QED) is 0.0128. The summed E-state index contributed by atoms with van der Waals surface area (Å²) < 4.78 is 22.2. The SMILES string of the molecule is CNC(=O)c1cnc2cc(OC)c(CCCCCCCCCCCN)cc2c1Nc1ccccc1.CNC(=O)c1cnc2cc(OC)c(CCCCCCCCCCCNC(=O)COc3cccc4c3C(=O)N(C3CCC(=O)NC3=O)C4=O)cc2c1Nc1ccccc1.O=C(O)COc1cccc2c1C(=O)N(C1CCC(=O)NC1=O)C2=O. The molecule has 10 N–H and O–H groups in total. The molecule has 0 aliphatic carbocycles. The van der Waals surface area contributed by atoms with E-state index in [0.717, 1.165) is 161 Å². The molecule has 616 valence electrons. The van der Waals surface area contributed by atoms with Crippen molar-refractivity contribution in [3.05, 3.63) is 178 Å². The fourth-order valence-electron chi connectivity index (χ4n) is 14.7. The number of nitrogens with zero attached hydrogens (tertiary/aromatic N) is 4. The van der Waals surface area contributed by atoms with Gasteiger partial charge in [0.05, 0.1) is 70.0 Å². The molecule has 4 aliphatic heterocycles. The van der Waals surface area contributed by atoms with E-state index in [1.165, 1.54) is 75.3 Å². The third kappa shape index (κ3) is 22.7. The second-order valence-corrected chi connectivity index (χ2v) is 28.8. The molecule has 6 heterocycles. The Morgan fingerprint density at radius 2 is 0.872 bits per heavy atom. The van der Waals surface area contributed by atoms with Crippen molar-refractivity contribution >= 4 is 116 Å². The Morgan fingerprint density at radius 1 is 0.479 bits per heavy atom. The summed E-state index contributed by atoms with van der Waals surface area (Å²) >= 11 is 0. The van der Waals surface area contributed by atoms with Crippen molar-refractivity contribution in [2.75, 3.05) is 65.3 Å². The van der Waals surface area contributed by atoms with E-state index in [1.54, 1.807) is 46.8 Å². The average Bonchev–Trinajstić information content (AvgIpc) is 1.70. The number of fused-ring (bicyclic) bond motifs is 4. The molecule has 6 aromatic carbocycles. The van der Waals surface area contributed by atoms with Gasteiger partial charge < -0.3 is 56.4 Å². The van der Waals surface area contributed by atoms with Crippen molar-refractivity contribution in [3.8, 4) is 23.0 Å². The third-order valence-corrected chi connectivity index (χ3v) is 20.7. The number of methoxy groups -OCH3 is 2. The summed E-state index contributed by atoms with van der Waals surface area (Å²) in [6.07, 6.45) is 25.9. The van der Waals surface area contributed by atoms with Crippen LogP contribution in [0.4, 0.5) is 22.7 Å². The summed E-state index contributed by atoms with van der Waals surface area (Å²) in [6, 6.07) is 34.4. The first-order valence-corrected chi connectivity index (χ1v) is 40.0. The number of carboxylic acid groups (broad SMARTS) is 1. The van der Waals surface area contributed by atoms with Gasteiger partial charge >= 0.3 is 5.97 Å². The number of para-hydroxylation sites is 2. The Balaban J connectivity index is 0.000000206. The lowest BCUT2D eigenvalue weighted by Gasteiger charge is -2.27. The molecule has 8 aromatic rings. The number of ether oxygens (including phenoxy) is 4. The molecule has 2 saturated heterocycles. The zero-order chi connectivity index (χ0) is 83.3. The van der Waals surface area contributed by atoms with Crippen molar-refractivity contribution in [2.24, 2.45) is 5.73 Å². The molecule has 2 atom stereocenters. The minimum Gasteiger partial charge on any atom is -0.496 e. The standard InChI is InChI=1S/C44H50N6O8.C29H40N4O2.C15H12N2O7/c1-45-41(53)32-26-47-33-25-36(57-2)28(24-31(33)40(32)48-29-17-12-10-13-18-29)16-11-8-6-4-3-5-7-9-14-23-46-38(52)27-58-35-20-15-19-30-39(35)44(56)50(43(30)55)34-21-22-37(51)49-42(34)54;1-31-29(34)25-21-32-26-20-27(35-2)22(15-11-8-6-4-3-5-7-9-14-18-30)19-24(26)28(25)33-23-16-12-10-13-17-23;18-10-5-4-8(13(21)16-10)17-14(22)7-2-1-3-9(12(7)15(17)23)24-6-11(19)20/h10,12-13,15,17-20,24-26,34H,3-9,11,14,16,21-23,27H2,1-2H3,(H,45,53)(H,46,52)(H,47,48)(H,49,51,54);10,12-13,16-17,19-21H,3-9,11,14-15,18,30H2,1-2H3,(H,31,34)(H,32,33);1-3,8H,4-6H2,(H,19,20)(H,16,18,21). The fraction of sp³-hybridized carbons (Fsp3) is 0.386. The first-order valence-electron chi connectivity index (χ1n) is 40.0.